The zero-order chi connectivity index (χ0) is 38.1. The Hall–Kier alpha value is -6.52. The number of rotatable bonds is 6. The van der Waals surface area contributed by atoms with Crippen LogP contribution in [-0.4, -0.2) is 38.0 Å². The second-order valence-corrected chi connectivity index (χ2v) is 21.2. The molecule has 0 amide bonds. The molecule has 0 radical (unpaired) electrons. The molecule has 0 spiro atoms. The van der Waals surface area contributed by atoms with Gasteiger partial charge >= 0.3 is 0 Å². The van der Waals surface area contributed by atoms with E-state index in [-0.39, 0.29) is 0 Å². The van der Waals surface area contributed by atoms with Crippen LogP contribution in [0.2, 0.25) is 13.1 Å². The minimum atomic E-state index is -2.04. The lowest BCUT2D eigenvalue weighted by molar-refractivity contribution is 1.31. The predicted molar refractivity (Wildman–Crippen MR) is 239 cm³/mol. The van der Waals surface area contributed by atoms with Crippen molar-refractivity contribution >= 4 is 61.6 Å². The minimum Gasteiger partial charge on any atom is -0.256 e. The summed E-state index contributed by atoms with van der Waals surface area (Å²) in [5.41, 5.74) is 14.6. The number of hydrogen-bond donors (Lipinski definition) is 0. The fourth-order valence-electron chi connectivity index (χ4n) is 8.05. The van der Waals surface area contributed by atoms with E-state index in [2.05, 4.69) is 118 Å². The van der Waals surface area contributed by atoms with Crippen LogP contribution in [0.5, 0.6) is 0 Å². The van der Waals surface area contributed by atoms with Gasteiger partial charge in [0.15, 0.2) is 0 Å². The Morgan fingerprint density at radius 3 is 1.04 bits per heavy atom. The number of fused-ring (bicyclic) bond motifs is 5. The maximum absolute atomic E-state index is 5.29. The van der Waals surface area contributed by atoms with Gasteiger partial charge in [0.1, 0.15) is 18.1 Å². The third-order valence-corrected chi connectivity index (χ3v) is 16.6. The summed E-state index contributed by atoms with van der Waals surface area (Å²) < 4.78 is 2.41. The number of thiazole rings is 2. The third kappa shape index (κ3) is 5.90. The van der Waals surface area contributed by atoms with Crippen molar-refractivity contribution in [2.45, 2.75) is 13.1 Å². The molecule has 4 aromatic carbocycles. The Morgan fingerprint density at radius 1 is 0.386 bits per heavy atom. The maximum Gasteiger partial charge on any atom is 0.124 e. The van der Waals surface area contributed by atoms with Gasteiger partial charge < -0.3 is 0 Å². The van der Waals surface area contributed by atoms with Crippen LogP contribution in [-0.2, 0) is 0 Å². The van der Waals surface area contributed by atoms with Gasteiger partial charge in [0.25, 0.3) is 0 Å². The molecule has 0 saturated carbocycles. The highest BCUT2D eigenvalue weighted by Gasteiger charge is 2.39. The molecule has 9 heteroatoms. The molecule has 0 bridgehead atoms. The maximum atomic E-state index is 5.29. The monoisotopic (exact) mass is 784 g/mol. The van der Waals surface area contributed by atoms with Crippen LogP contribution in [0.3, 0.4) is 0 Å². The Labute approximate surface area is 338 Å². The Morgan fingerprint density at radius 2 is 0.719 bits per heavy atom. The van der Waals surface area contributed by atoms with Crippen molar-refractivity contribution in [3.05, 3.63) is 158 Å². The van der Waals surface area contributed by atoms with Crippen molar-refractivity contribution < 1.29 is 0 Å². The molecule has 270 valence electrons. The van der Waals surface area contributed by atoms with Crippen LogP contribution in [0.4, 0.5) is 0 Å². The molecule has 1 aliphatic heterocycles. The second kappa shape index (κ2) is 13.3. The lowest BCUT2D eigenvalue weighted by atomic mass is 10.0. The van der Waals surface area contributed by atoms with Gasteiger partial charge in [-0.25, -0.2) is 9.97 Å². The topological polar surface area (TPSA) is 77.3 Å². The van der Waals surface area contributed by atoms with E-state index in [1.54, 1.807) is 22.7 Å². The highest BCUT2D eigenvalue weighted by atomic mass is 32.1. The molecule has 0 unspecified atom stereocenters. The Balaban J connectivity index is 1.01. The normalized spacial score (nSPS) is 12.9. The minimum absolute atomic E-state index is 0.923. The molecule has 7 heterocycles. The van der Waals surface area contributed by atoms with Crippen LogP contribution >= 0.6 is 22.7 Å². The number of aromatic nitrogens is 6. The van der Waals surface area contributed by atoms with E-state index in [1.165, 1.54) is 30.9 Å². The molecule has 57 heavy (non-hydrogen) atoms. The molecule has 0 saturated heterocycles. The van der Waals surface area contributed by atoms with Gasteiger partial charge in [-0.1, -0.05) is 37.4 Å². The van der Waals surface area contributed by atoms with E-state index in [9.17, 15) is 0 Å². The quantitative estimate of drug-likeness (QED) is 0.156. The lowest BCUT2D eigenvalue weighted by Gasteiger charge is -2.18. The summed E-state index contributed by atoms with van der Waals surface area (Å²) in [6, 6.07) is 46.8. The summed E-state index contributed by atoms with van der Waals surface area (Å²) in [4.78, 5) is 29.3. The smallest absolute Gasteiger partial charge is 0.124 e. The van der Waals surface area contributed by atoms with Crippen molar-refractivity contribution in [2.75, 3.05) is 0 Å². The van der Waals surface area contributed by atoms with Crippen molar-refractivity contribution in [1.82, 2.24) is 29.9 Å². The van der Waals surface area contributed by atoms with E-state index in [1.807, 2.05) is 73.3 Å². The van der Waals surface area contributed by atoms with E-state index in [4.69, 9.17) is 9.97 Å². The summed E-state index contributed by atoms with van der Waals surface area (Å²) in [5.74, 6) is 0. The summed E-state index contributed by atoms with van der Waals surface area (Å²) in [7, 11) is -2.04. The summed E-state index contributed by atoms with van der Waals surface area (Å²) in [6.07, 6.45) is 7.36. The summed E-state index contributed by atoms with van der Waals surface area (Å²) in [5, 5.41) is 4.89. The van der Waals surface area contributed by atoms with Gasteiger partial charge in [-0.05, 0) is 131 Å². The molecule has 0 aliphatic carbocycles. The zero-order valence-corrected chi connectivity index (χ0v) is 33.6. The molecule has 1 aliphatic rings. The number of nitrogens with zero attached hydrogens (tertiary/aromatic N) is 6. The fraction of sp³-hybridized carbons (Fsp3) is 0.0417. The van der Waals surface area contributed by atoms with Gasteiger partial charge in [-0.15, -0.1) is 22.7 Å². The first-order valence-corrected chi connectivity index (χ1v) is 23.4. The highest BCUT2D eigenvalue weighted by molar-refractivity contribution is 7.22. The van der Waals surface area contributed by atoms with E-state index in [0.29, 0.717) is 0 Å². The van der Waals surface area contributed by atoms with E-state index < -0.39 is 8.07 Å². The van der Waals surface area contributed by atoms with Gasteiger partial charge in [-0.3, -0.25) is 19.9 Å². The van der Waals surface area contributed by atoms with E-state index in [0.717, 1.165) is 77.2 Å². The molecule has 0 fully saturated rings. The molecule has 6 nitrogen and oxygen atoms in total. The highest BCUT2D eigenvalue weighted by Crippen LogP contribution is 2.41. The molecular formula is C48H32N6S2Si. The zero-order valence-electron chi connectivity index (χ0n) is 31.0. The summed E-state index contributed by atoms with van der Waals surface area (Å²) >= 11 is 3.52. The fourth-order valence-corrected chi connectivity index (χ4v) is 13.3. The summed E-state index contributed by atoms with van der Waals surface area (Å²) in [6.45, 7) is 4.95. The molecule has 10 aromatic rings. The van der Waals surface area contributed by atoms with Crippen LogP contribution < -0.4 is 10.4 Å². The average molecular weight is 785 g/mol. The van der Waals surface area contributed by atoms with Gasteiger partial charge in [0.2, 0.25) is 0 Å². The second-order valence-electron chi connectivity index (χ2n) is 14.9. The molecular weight excluding hydrogens is 753 g/mol. The van der Waals surface area contributed by atoms with Gasteiger partial charge in [-0.2, -0.15) is 0 Å². The molecule has 0 atom stereocenters. The number of pyridine rings is 4. The largest absolute Gasteiger partial charge is 0.256 e. The van der Waals surface area contributed by atoms with Crippen molar-refractivity contribution in [2.24, 2.45) is 0 Å². The van der Waals surface area contributed by atoms with Gasteiger partial charge in [0.05, 0.1) is 43.2 Å². The van der Waals surface area contributed by atoms with Crippen LogP contribution in [0.15, 0.2) is 158 Å². The standard InChI is InChI=1S/C48H32N6S2Si/c1-57(2)45-27-43-41(53-47(55-43)33-21-29(37-11-3-7-15-49-37)19-30(22-33)38-12-4-8-16-50-38)25-35(45)36-26-42-44(28-46(36)57)56-48(54-42)34-23-31(39-13-5-9-17-51-39)20-32(24-34)40-14-6-10-18-52-40/h3-28H,1-2H3. The van der Waals surface area contributed by atoms with Crippen molar-refractivity contribution in [3.63, 3.8) is 0 Å². The first-order chi connectivity index (χ1) is 27.9. The van der Waals surface area contributed by atoms with Crippen molar-refractivity contribution in [3.8, 4) is 77.3 Å². The van der Waals surface area contributed by atoms with Crippen LogP contribution in [0, 0.1) is 0 Å². The third-order valence-electron chi connectivity index (χ3n) is 10.9. The average Bonchev–Trinajstić information content (AvgIpc) is 3.95. The lowest BCUT2D eigenvalue weighted by Crippen LogP contribution is -2.49. The molecule has 11 rings (SSSR count). The van der Waals surface area contributed by atoms with Crippen LogP contribution in [0.1, 0.15) is 0 Å². The first kappa shape index (κ1) is 33.8. The predicted octanol–water partition coefficient (Wildman–Crippen LogP) is 11.3. The Kier molecular flexibility index (Phi) is 7.89. The number of benzene rings is 4. The number of hydrogen-bond acceptors (Lipinski definition) is 8. The molecule has 6 aromatic heterocycles. The molecule has 0 N–H and O–H groups in total. The van der Waals surface area contributed by atoms with Gasteiger partial charge in [0, 0.05) is 58.2 Å². The first-order valence-electron chi connectivity index (χ1n) is 18.8. The van der Waals surface area contributed by atoms with Crippen LogP contribution in [0.25, 0.3) is 97.7 Å². The SMILES string of the molecule is C[Si]1(C)c2cc3sc(-c4cc(-c5ccccn5)cc(-c5ccccn5)c4)nc3cc2-c2cc3nc(-c4cc(-c5ccccn5)cc(-c5ccccn5)c4)sc3cc21. The van der Waals surface area contributed by atoms with Crippen molar-refractivity contribution in [1.29, 1.82) is 0 Å². The Bertz CT molecular complexity index is 2820. The van der Waals surface area contributed by atoms with E-state index >= 15 is 0 Å².